The minimum atomic E-state index is 0.167. The van der Waals surface area contributed by atoms with E-state index in [2.05, 4.69) is 32.1 Å². The van der Waals surface area contributed by atoms with Crippen LogP contribution in [0.4, 0.5) is 0 Å². The van der Waals surface area contributed by atoms with E-state index < -0.39 is 0 Å². The van der Waals surface area contributed by atoms with E-state index in [1.807, 2.05) is 11.8 Å². The maximum atomic E-state index is 9.84. The molecule has 18 heavy (non-hydrogen) atoms. The number of hydrogen-bond acceptors (Lipinski definition) is 3. The molecule has 2 nitrogen and oxygen atoms in total. The Morgan fingerprint density at radius 1 is 1.50 bits per heavy atom. The minimum Gasteiger partial charge on any atom is -0.396 e. The van der Waals surface area contributed by atoms with Crippen LogP contribution in [-0.2, 0) is 0 Å². The highest BCUT2D eigenvalue weighted by atomic mass is 32.2. The first-order valence-electron chi connectivity index (χ1n) is 7.33. The van der Waals surface area contributed by atoms with Gasteiger partial charge in [0.25, 0.3) is 0 Å². The quantitative estimate of drug-likeness (QED) is 0.770. The molecule has 0 heterocycles. The summed E-state index contributed by atoms with van der Waals surface area (Å²) in [5.41, 5.74) is 0.167. The number of rotatable bonds is 7. The third-order valence-electron chi connectivity index (χ3n) is 4.60. The van der Waals surface area contributed by atoms with Gasteiger partial charge < -0.3 is 10.0 Å². The molecule has 0 bridgehead atoms. The molecule has 0 aromatic heterocycles. The fraction of sp³-hybridized carbons (Fsp3) is 1.00. The van der Waals surface area contributed by atoms with Crippen LogP contribution >= 0.6 is 11.8 Å². The average molecular weight is 273 g/mol. The van der Waals surface area contributed by atoms with Crippen LogP contribution in [-0.4, -0.2) is 48.3 Å². The highest BCUT2D eigenvalue weighted by Crippen LogP contribution is 2.39. The smallest absolute Gasteiger partial charge is 0.0499 e. The molecule has 1 rings (SSSR count). The summed E-state index contributed by atoms with van der Waals surface area (Å²) in [5.74, 6) is 2.01. The van der Waals surface area contributed by atoms with E-state index in [1.165, 1.54) is 37.9 Å². The van der Waals surface area contributed by atoms with Crippen LogP contribution in [0.15, 0.2) is 0 Å². The van der Waals surface area contributed by atoms with E-state index in [4.69, 9.17) is 0 Å². The van der Waals surface area contributed by atoms with E-state index in [-0.39, 0.29) is 5.41 Å². The van der Waals surface area contributed by atoms with Gasteiger partial charge in [-0.1, -0.05) is 19.8 Å². The van der Waals surface area contributed by atoms with Crippen molar-refractivity contribution in [1.29, 1.82) is 0 Å². The van der Waals surface area contributed by atoms with Gasteiger partial charge in [0.05, 0.1) is 0 Å². The van der Waals surface area contributed by atoms with Gasteiger partial charge in [-0.15, -0.1) is 0 Å². The van der Waals surface area contributed by atoms with Crippen LogP contribution < -0.4 is 0 Å². The van der Waals surface area contributed by atoms with Crippen molar-refractivity contribution in [3.63, 3.8) is 0 Å². The summed E-state index contributed by atoms with van der Waals surface area (Å²) in [5, 5.41) is 9.84. The van der Waals surface area contributed by atoms with Crippen molar-refractivity contribution >= 4 is 11.8 Å². The average Bonchev–Trinajstić information content (AvgIpc) is 2.35. The predicted molar refractivity (Wildman–Crippen MR) is 82.2 cm³/mol. The van der Waals surface area contributed by atoms with Gasteiger partial charge in [-0.3, -0.25) is 0 Å². The van der Waals surface area contributed by atoms with Gasteiger partial charge >= 0.3 is 0 Å². The van der Waals surface area contributed by atoms with Gasteiger partial charge in [0, 0.05) is 24.6 Å². The molecule has 3 unspecified atom stereocenters. The minimum absolute atomic E-state index is 0.167. The standard InChI is InChI=1S/C15H31NOS/c1-13-6-5-8-15(10-13,12-17)11-16(3)14(2)7-9-18-4/h13-14,17H,5-12H2,1-4H3. The van der Waals surface area contributed by atoms with E-state index in [0.29, 0.717) is 12.6 Å². The van der Waals surface area contributed by atoms with Gasteiger partial charge in [-0.2, -0.15) is 11.8 Å². The molecule has 108 valence electrons. The van der Waals surface area contributed by atoms with Crippen LogP contribution in [0.1, 0.15) is 46.0 Å². The van der Waals surface area contributed by atoms with E-state index >= 15 is 0 Å². The number of aliphatic hydroxyl groups is 1. The normalized spacial score (nSPS) is 30.7. The van der Waals surface area contributed by atoms with Crippen LogP contribution in [0, 0.1) is 11.3 Å². The second kappa shape index (κ2) is 7.76. The highest BCUT2D eigenvalue weighted by molar-refractivity contribution is 7.98. The molecule has 0 aromatic carbocycles. The number of thioether (sulfide) groups is 1. The first-order valence-corrected chi connectivity index (χ1v) is 8.72. The van der Waals surface area contributed by atoms with Gasteiger partial charge in [0.15, 0.2) is 0 Å². The van der Waals surface area contributed by atoms with E-state index in [9.17, 15) is 5.11 Å². The van der Waals surface area contributed by atoms with Crippen molar-refractivity contribution in [3.05, 3.63) is 0 Å². The summed E-state index contributed by atoms with van der Waals surface area (Å²) in [6.45, 7) is 6.06. The van der Waals surface area contributed by atoms with Gasteiger partial charge in [-0.05, 0) is 51.2 Å². The zero-order chi connectivity index (χ0) is 13.6. The summed E-state index contributed by atoms with van der Waals surface area (Å²) in [7, 11) is 2.22. The van der Waals surface area contributed by atoms with Crippen molar-refractivity contribution in [3.8, 4) is 0 Å². The summed E-state index contributed by atoms with van der Waals surface area (Å²) >= 11 is 1.92. The van der Waals surface area contributed by atoms with Crippen LogP contribution in [0.5, 0.6) is 0 Å². The fourth-order valence-electron chi connectivity index (χ4n) is 3.30. The van der Waals surface area contributed by atoms with E-state index in [1.54, 1.807) is 0 Å². The lowest BCUT2D eigenvalue weighted by atomic mass is 9.70. The Labute approximate surface area is 118 Å². The summed E-state index contributed by atoms with van der Waals surface area (Å²) in [6, 6.07) is 0.623. The molecule has 1 aliphatic carbocycles. The van der Waals surface area contributed by atoms with Crippen LogP contribution in [0.3, 0.4) is 0 Å². The Morgan fingerprint density at radius 3 is 2.78 bits per heavy atom. The van der Waals surface area contributed by atoms with Crippen molar-refractivity contribution in [2.24, 2.45) is 11.3 Å². The van der Waals surface area contributed by atoms with Crippen molar-refractivity contribution in [2.45, 2.75) is 52.0 Å². The van der Waals surface area contributed by atoms with Crippen molar-refractivity contribution in [1.82, 2.24) is 4.90 Å². The summed E-state index contributed by atoms with van der Waals surface area (Å²) < 4.78 is 0. The first-order chi connectivity index (χ1) is 8.53. The molecule has 3 heteroatoms. The number of hydrogen-bond donors (Lipinski definition) is 1. The molecular weight excluding hydrogens is 242 g/mol. The van der Waals surface area contributed by atoms with Crippen molar-refractivity contribution in [2.75, 3.05) is 32.2 Å². The Balaban J connectivity index is 2.50. The Bertz CT molecular complexity index is 237. The molecule has 1 N–H and O–H groups in total. The molecule has 0 spiro atoms. The fourth-order valence-corrected chi connectivity index (χ4v) is 3.88. The lowest BCUT2D eigenvalue weighted by Gasteiger charge is -2.42. The molecule has 1 saturated carbocycles. The third-order valence-corrected chi connectivity index (χ3v) is 5.24. The van der Waals surface area contributed by atoms with Crippen LogP contribution in [0.2, 0.25) is 0 Å². The zero-order valence-electron chi connectivity index (χ0n) is 12.6. The number of nitrogens with zero attached hydrogens (tertiary/aromatic N) is 1. The molecule has 0 saturated heterocycles. The molecule has 1 fully saturated rings. The highest BCUT2D eigenvalue weighted by Gasteiger charge is 2.35. The molecule has 3 atom stereocenters. The molecule has 0 aliphatic heterocycles. The van der Waals surface area contributed by atoms with E-state index in [0.717, 1.165) is 12.5 Å². The first kappa shape index (κ1) is 16.3. The van der Waals surface area contributed by atoms with Gasteiger partial charge in [0.1, 0.15) is 0 Å². The Kier molecular flexibility index (Phi) is 7.04. The SMILES string of the molecule is CSCCC(C)N(C)CC1(CO)CCCC(C)C1. The lowest BCUT2D eigenvalue weighted by molar-refractivity contribution is 0.0214. The Morgan fingerprint density at radius 2 is 2.22 bits per heavy atom. The zero-order valence-corrected chi connectivity index (χ0v) is 13.4. The third kappa shape index (κ3) is 4.75. The second-order valence-electron chi connectivity index (χ2n) is 6.41. The lowest BCUT2D eigenvalue weighted by Crippen LogP contribution is -2.44. The monoisotopic (exact) mass is 273 g/mol. The Hall–Kier alpha value is 0.270. The molecular formula is C15H31NOS. The topological polar surface area (TPSA) is 23.5 Å². The largest absolute Gasteiger partial charge is 0.396 e. The molecule has 0 aromatic rings. The molecule has 1 aliphatic rings. The predicted octanol–water partition coefficient (Wildman–Crippen LogP) is 3.25. The molecule has 0 radical (unpaired) electrons. The van der Waals surface area contributed by atoms with Crippen molar-refractivity contribution < 1.29 is 5.11 Å². The maximum absolute atomic E-state index is 9.84. The summed E-state index contributed by atoms with van der Waals surface area (Å²) in [4.78, 5) is 2.46. The van der Waals surface area contributed by atoms with Crippen LogP contribution in [0.25, 0.3) is 0 Å². The van der Waals surface area contributed by atoms with Gasteiger partial charge in [-0.25, -0.2) is 0 Å². The maximum Gasteiger partial charge on any atom is 0.0499 e. The second-order valence-corrected chi connectivity index (χ2v) is 7.39. The summed E-state index contributed by atoms with van der Waals surface area (Å²) in [6.07, 6.45) is 8.44. The molecule has 0 amide bonds. The number of aliphatic hydroxyl groups excluding tert-OH is 1. The van der Waals surface area contributed by atoms with Gasteiger partial charge in [0.2, 0.25) is 0 Å².